The fraction of sp³-hybridized carbons (Fsp3) is 1.00. The summed E-state index contributed by atoms with van der Waals surface area (Å²) in [6.45, 7) is 5.38. The van der Waals surface area contributed by atoms with E-state index >= 15 is 0 Å². The Morgan fingerprint density at radius 2 is 2.11 bits per heavy atom. The van der Waals surface area contributed by atoms with Gasteiger partial charge >= 0.3 is 0 Å². The van der Waals surface area contributed by atoms with Crippen molar-refractivity contribution in [3.8, 4) is 0 Å². The Morgan fingerprint density at radius 1 is 1.44 bits per heavy atom. The van der Waals surface area contributed by atoms with Crippen molar-refractivity contribution in [2.24, 2.45) is 5.92 Å². The molecule has 1 rings (SSSR count). The van der Waals surface area contributed by atoms with Crippen LogP contribution in [0.5, 0.6) is 0 Å². The molecule has 1 aliphatic heterocycles. The van der Waals surface area contributed by atoms with E-state index in [1.165, 1.54) is 0 Å². The maximum atomic E-state index is 9.33. The van der Waals surface area contributed by atoms with E-state index in [1.807, 2.05) is 0 Å². The van der Waals surface area contributed by atoms with Crippen LogP contribution in [0.3, 0.4) is 0 Å². The Balaban J connectivity index is 2.41. The molecule has 0 bridgehead atoms. The molecule has 0 saturated carbocycles. The monoisotopic (exact) mass is 130 g/mol. The van der Waals surface area contributed by atoms with Crippen molar-refractivity contribution in [3.63, 3.8) is 0 Å². The summed E-state index contributed by atoms with van der Waals surface area (Å²) in [5.41, 5.74) is 0. The molecule has 3 N–H and O–H groups in total. The molecule has 0 aliphatic carbocycles. The van der Waals surface area contributed by atoms with Gasteiger partial charge in [-0.05, 0) is 6.92 Å². The minimum Gasteiger partial charge on any atom is -0.392 e. The van der Waals surface area contributed by atoms with Gasteiger partial charge in [-0.15, -0.1) is 0 Å². The number of hydrogen-bond acceptors (Lipinski definition) is 1. The van der Waals surface area contributed by atoms with Crippen molar-refractivity contribution in [1.82, 2.24) is 0 Å². The summed E-state index contributed by atoms with van der Waals surface area (Å²) in [5.74, 6) is 0.471. The van der Waals surface area contributed by atoms with E-state index in [0.29, 0.717) is 12.0 Å². The maximum absolute atomic E-state index is 9.33. The highest BCUT2D eigenvalue weighted by Gasteiger charge is 2.27. The first-order valence-electron chi connectivity index (χ1n) is 3.73. The number of nitrogens with two attached hydrogens (primary N) is 1. The molecule has 0 radical (unpaired) electrons. The fourth-order valence-electron chi connectivity index (χ4n) is 1.36. The molecule has 1 saturated heterocycles. The second-order valence-corrected chi connectivity index (χ2v) is 3.10. The van der Waals surface area contributed by atoms with Crippen molar-refractivity contribution in [3.05, 3.63) is 0 Å². The topological polar surface area (TPSA) is 36.8 Å². The van der Waals surface area contributed by atoms with Crippen LogP contribution < -0.4 is 5.32 Å². The SMILES string of the molecule is C[C@@H]1[C@@H](O)CC[NH2+][C@@H]1C. The molecule has 1 heterocycles. The van der Waals surface area contributed by atoms with Gasteiger partial charge in [0, 0.05) is 12.3 Å². The molecule has 0 unspecified atom stereocenters. The van der Waals surface area contributed by atoms with Crippen molar-refractivity contribution in [2.75, 3.05) is 6.54 Å². The molecule has 0 spiro atoms. The van der Waals surface area contributed by atoms with Crippen LogP contribution in [0.25, 0.3) is 0 Å². The van der Waals surface area contributed by atoms with Crippen LogP contribution in [-0.2, 0) is 0 Å². The van der Waals surface area contributed by atoms with Crippen molar-refractivity contribution in [1.29, 1.82) is 0 Å². The van der Waals surface area contributed by atoms with Gasteiger partial charge in [0.25, 0.3) is 0 Å². The average molecular weight is 130 g/mol. The molecule has 0 aromatic heterocycles. The highest BCUT2D eigenvalue weighted by molar-refractivity contribution is 4.71. The number of aliphatic hydroxyl groups excluding tert-OH is 1. The summed E-state index contributed by atoms with van der Waals surface area (Å²) in [7, 11) is 0. The molecule has 0 aromatic rings. The van der Waals surface area contributed by atoms with Gasteiger partial charge in [-0.1, -0.05) is 6.92 Å². The predicted molar refractivity (Wildman–Crippen MR) is 36.0 cm³/mol. The van der Waals surface area contributed by atoms with Gasteiger partial charge in [-0.25, -0.2) is 0 Å². The normalized spacial score (nSPS) is 45.0. The van der Waals surface area contributed by atoms with Gasteiger partial charge < -0.3 is 10.4 Å². The van der Waals surface area contributed by atoms with Crippen LogP contribution in [-0.4, -0.2) is 23.8 Å². The zero-order valence-corrected chi connectivity index (χ0v) is 6.17. The third kappa shape index (κ3) is 1.43. The Morgan fingerprint density at radius 3 is 2.56 bits per heavy atom. The molecule has 0 amide bonds. The molecule has 54 valence electrons. The molecule has 9 heavy (non-hydrogen) atoms. The van der Waals surface area contributed by atoms with Gasteiger partial charge in [-0.3, -0.25) is 0 Å². The number of rotatable bonds is 0. The van der Waals surface area contributed by atoms with Crippen LogP contribution in [0.2, 0.25) is 0 Å². The summed E-state index contributed by atoms with van der Waals surface area (Å²) >= 11 is 0. The van der Waals surface area contributed by atoms with Crippen LogP contribution in [0.15, 0.2) is 0 Å². The van der Waals surface area contributed by atoms with Crippen LogP contribution in [0.4, 0.5) is 0 Å². The fourth-order valence-corrected chi connectivity index (χ4v) is 1.36. The zero-order chi connectivity index (χ0) is 6.85. The Bertz CT molecular complexity index is 84.9. The van der Waals surface area contributed by atoms with Crippen LogP contribution in [0.1, 0.15) is 20.3 Å². The van der Waals surface area contributed by atoms with Gasteiger partial charge in [0.2, 0.25) is 0 Å². The number of hydrogen-bond donors (Lipinski definition) is 2. The molecule has 3 atom stereocenters. The summed E-state index contributed by atoms with van der Waals surface area (Å²) in [5, 5.41) is 11.6. The lowest BCUT2D eigenvalue weighted by atomic mass is 9.91. The molecular weight excluding hydrogens is 114 g/mol. The first-order valence-corrected chi connectivity index (χ1v) is 3.73. The average Bonchev–Trinajstić information content (AvgIpc) is 1.83. The Labute approximate surface area is 56.3 Å². The molecule has 0 aromatic carbocycles. The Kier molecular flexibility index (Phi) is 2.09. The number of quaternary nitrogens is 1. The first-order chi connectivity index (χ1) is 4.22. The minimum atomic E-state index is -0.0509. The van der Waals surface area contributed by atoms with E-state index < -0.39 is 0 Å². The lowest BCUT2D eigenvalue weighted by Crippen LogP contribution is -2.93. The third-order valence-electron chi connectivity index (χ3n) is 2.44. The lowest BCUT2D eigenvalue weighted by molar-refractivity contribution is -0.704. The van der Waals surface area contributed by atoms with Gasteiger partial charge in [-0.2, -0.15) is 0 Å². The predicted octanol–water partition coefficient (Wildman–Crippen LogP) is -0.661. The van der Waals surface area contributed by atoms with Crippen molar-refractivity contribution < 1.29 is 10.4 Å². The maximum Gasteiger partial charge on any atom is 0.0881 e. The molecular formula is C7H16NO+. The van der Waals surface area contributed by atoms with E-state index in [-0.39, 0.29) is 6.10 Å². The lowest BCUT2D eigenvalue weighted by Gasteiger charge is -2.28. The van der Waals surface area contributed by atoms with E-state index in [9.17, 15) is 5.11 Å². The van der Waals surface area contributed by atoms with Gasteiger partial charge in [0.1, 0.15) is 0 Å². The van der Waals surface area contributed by atoms with Gasteiger partial charge in [0.15, 0.2) is 0 Å². The smallest absolute Gasteiger partial charge is 0.0881 e. The molecule has 1 fully saturated rings. The highest BCUT2D eigenvalue weighted by Crippen LogP contribution is 2.10. The van der Waals surface area contributed by atoms with Crippen molar-refractivity contribution in [2.45, 2.75) is 32.4 Å². The molecule has 2 heteroatoms. The Hall–Kier alpha value is -0.0800. The van der Waals surface area contributed by atoms with E-state index in [0.717, 1.165) is 13.0 Å². The van der Waals surface area contributed by atoms with Gasteiger partial charge in [0.05, 0.1) is 18.7 Å². The van der Waals surface area contributed by atoms with Crippen molar-refractivity contribution >= 4 is 0 Å². The standard InChI is InChI=1S/C7H15NO/c1-5-6(2)8-4-3-7(5)9/h5-9H,3-4H2,1-2H3/p+1/t5-,6+,7-/m0/s1. The third-order valence-corrected chi connectivity index (χ3v) is 2.44. The summed E-state index contributed by atoms with van der Waals surface area (Å²) in [6, 6.07) is 0.605. The van der Waals surface area contributed by atoms with Crippen LogP contribution in [0, 0.1) is 5.92 Å². The summed E-state index contributed by atoms with van der Waals surface area (Å²) < 4.78 is 0. The van der Waals surface area contributed by atoms with E-state index in [2.05, 4.69) is 19.2 Å². The largest absolute Gasteiger partial charge is 0.392 e. The summed E-state index contributed by atoms with van der Waals surface area (Å²) in [6.07, 6.45) is 0.913. The van der Waals surface area contributed by atoms with E-state index in [1.54, 1.807) is 0 Å². The van der Waals surface area contributed by atoms with Crippen LogP contribution >= 0.6 is 0 Å². The second kappa shape index (κ2) is 2.67. The van der Waals surface area contributed by atoms with E-state index in [4.69, 9.17) is 0 Å². The zero-order valence-electron chi connectivity index (χ0n) is 6.17. The number of aliphatic hydroxyl groups is 1. The highest BCUT2D eigenvalue weighted by atomic mass is 16.3. The summed E-state index contributed by atoms with van der Waals surface area (Å²) in [4.78, 5) is 0. The number of piperidine rings is 1. The first kappa shape index (κ1) is 7.03. The second-order valence-electron chi connectivity index (χ2n) is 3.10. The molecule has 1 aliphatic rings. The molecule has 2 nitrogen and oxygen atoms in total. The quantitative estimate of drug-likeness (QED) is 0.449. The minimum absolute atomic E-state index is 0.0509.